The molecule has 0 unspecified atom stereocenters. The number of carbonyl (C=O) groups is 1. The summed E-state index contributed by atoms with van der Waals surface area (Å²) in [5, 5.41) is 8.68. The fraction of sp³-hybridized carbons (Fsp3) is 0.364. The molecule has 1 aromatic carbocycles. The molecule has 3 heteroatoms. The Morgan fingerprint density at radius 1 is 1.21 bits per heavy atom. The van der Waals surface area contributed by atoms with E-state index in [-0.39, 0.29) is 58.2 Å². The molecule has 14 heavy (non-hydrogen) atoms. The van der Waals surface area contributed by atoms with Crippen LogP contribution in [0.25, 0.3) is 0 Å². The number of hydrogen-bond acceptors (Lipinski definition) is 1. The molecule has 0 aromatic heterocycles. The molecule has 0 bridgehead atoms. The summed E-state index contributed by atoms with van der Waals surface area (Å²) in [4.78, 5) is 10.6. The van der Waals surface area contributed by atoms with Crippen molar-refractivity contribution in [3.8, 4) is 0 Å². The predicted molar refractivity (Wildman–Crippen MR) is 53.2 cm³/mol. The van der Waals surface area contributed by atoms with Gasteiger partial charge in [-0.05, 0) is 23.1 Å². The zero-order valence-electron chi connectivity index (χ0n) is 10.2. The second kappa shape index (κ2) is 5.42. The van der Waals surface area contributed by atoms with Crippen molar-refractivity contribution in [1.82, 2.24) is 0 Å². The van der Waals surface area contributed by atoms with Gasteiger partial charge in [-0.25, -0.2) is 4.79 Å². The average molecular weight is 218 g/mol. The Morgan fingerprint density at radius 3 is 1.93 bits per heavy atom. The van der Waals surface area contributed by atoms with Gasteiger partial charge in [-0.2, -0.15) is 0 Å². The number of carboxylic acid groups (broad SMARTS) is 1. The molecule has 1 aromatic rings. The van der Waals surface area contributed by atoms with E-state index in [2.05, 4.69) is 20.8 Å². The zero-order valence-corrected chi connectivity index (χ0v) is 12.3. The number of benzene rings is 1. The van der Waals surface area contributed by atoms with Gasteiger partial charge in [0.25, 0.3) is 0 Å². The molecule has 2 nitrogen and oxygen atoms in total. The summed E-state index contributed by atoms with van der Waals surface area (Å²) in [6, 6.07) is 7.01. The first kappa shape index (κ1) is 14.3. The Kier molecular flexibility index (Phi) is 5.55. The largest absolute Gasteiger partial charge is 1.00 e. The Labute approximate surface area is 129 Å². The van der Waals surface area contributed by atoms with Crippen LogP contribution in [0.5, 0.6) is 0 Å². The van der Waals surface area contributed by atoms with Crippen molar-refractivity contribution in [3.63, 3.8) is 0 Å². The van der Waals surface area contributed by atoms with Crippen LogP contribution in [0.2, 0.25) is 0 Å². The van der Waals surface area contributed by atoms with Gasteiger partial charge in [-0.1, -0.05) is 32.9 Å². The zero-order chi connectivity index (χ0) is 10.1. The molecule has 0 heterocycles. The van der Waals surface area contributed by atoms with Crippen LogP contribution in [0.1, 0.15) is 38.1 Å². The first-order valence-electron chi connectivity index (χ1n) is 4.25. The molecule has 0 spiro atoms. The summed E-state index contributed by atoms with van der Waals surface area (Å²) in [7, 11) is 0. The van der Waals surface area contributed by atoms with Gasteiger partial charge < -0.3 is 6.53 Å². The molecular formula is C11H15KO2. The monoisotopic (exact) mass is 218 g/mol. The van der Waals surface area contributed by atoms with E-state index < -0.39 is 5.97 Å². The molecule has 1 N–H and O–H groups in total. The molecule has 1 rings (SSSR count). The van der Waals surface area contributed by atoms with E-state index >= 15 is 0 Å². The van der Waals surface area contributed by atoms with E-state index in [0.29, 0.717) is 5.56 Å². The Morgan fingerprint density at radius 2 is 1.64 bits per heavy atom. The second-order valence-electron chi connectivity index (χ2n) is 4.13. The van der Waals surface area contributed by atoms with Gasteiger partial charge in [0, 0.05) is 0 Å². The Balaban J connectivity index is 0. The molecular weight excluding hydrogens is 203 g/mol. The standard InChI is InChI=1S/C11H14O2.K.H/c1-11(2,3)9-6-4-8(5-7-9)10(12)13;;/h4-7H,1-3H3,(H,12,13);;/q;+1;-1. The molecule has 72 valence electrons. The van der Waals surface area contributed by atoms with Crippen LogP contribution in [-0.4, -0.2) is 11.1 Å². The smallest absolute Gasteiger partial charge is 1.00 e. The van der Waals surface area contributed by atoms with Crippen molar-refractivity contribution in [2.75, 3.05) is 0 Å². The third-order valence-electron chi connectivity index (χ3n) is 2.00. The molecule has 0 aliphatic rings. The summed E-state index contributed by atoms with van der Waals surface area (Å²) in [6.07, 6.45) is 0. The SMILES string of the molecule is CC(C)(C)c1ccc(C(=O)O)cc1.[H-].[K+]. The molecule has 0 amide bonds. The van der Waals surface area contributed by atoms with Crippen LogP contribution in [0.15, 0.2) is 24.3 Å². The fourth-order valence-electron chi connectivity index (χ4n) is 1.11. The number of rotatable bonds is 1. The first-order valence-corrected chi connectivity index (χ1v) is 4.25. The van der Waals surface area contributed by atoms with E-state index in [1.54, 1.807) is 12.1 Å². The molecule has 0 saturated heterocycles. The van der Waals surface area contributed by atoms with Crippen molar-refractivity contribution in [1.29, 1.82) is 0 Å². The molecule has 0 saturated carbocycles. The van der Waals surface area contributed by atoms with Gasteiger partial charge in [0.1, 0.15) is 0 Å². The molecule has 0 aliphatic heterocycles. The van der Waals surface area contributed by atoms with Crippen LogP contribution >= 0.6 is 0 Å². The number of hydrogen-bond donors (Lipinski definition) is 1. The summed E-state index contributed by atoms with van der Waals surface area (Å²) in [6.45, 7) is 6.30. The van der Waals surface area contributed by atoms with Crippen LogP contribution in [0.4, 0.5) is 0 Å². The Hall–Kier alpha value is 0.326. The fourth-order valence-corrected chi connectivity index (χ4v) is 1.11. The van der Waals surface area contributed by atoms with Gasteiger partial charge in [0.05, 0.1) is 5.56 Å². The van der Waals surface area contributed by atoms with Gasteiger partial charge >= 0.3 is 57.4 Å². The van der Waals surface area contributed by atoms with Crippen molar-refractivity contribution < 1.29 is 62.7 Å². The van der Waals surface area contributed by atoms with E-state index in [1.807, 2.05) is 12.1 Å². The third-order valence-corrected chi connectivity index (χ3v) is 2.00. The van der Waals surface area contributed by atoms with Gasteiger partial charge in [0.2, 0.25) is 0 Å². The minimum Gasteiger partial charge on any atom is -1.00 e. The van der Waals surface area contributed by atoms with Crippen LogP contribution in [-0.2, 0) is 5.41 Å². The van der Waals surface area contributed by atoms with Gasteiger partial charge in [-0.3, -0.25) is 0 Å². The maximum absolute atomic E-state index is 10.6. The van der Waals surface area contributed by atoms with Gasteiger partial charge in [-0.15, -0.1) is 0 Å². The van der Waals surface area contributed by atoms with Gasteiger partial charge in [0.15, 0.2) is 0 Å². The average Bonchev–Trinajstić information content (AvgIpc) is 2.03. The number of carboxylic acids is 1. The third kappa shape index (κ3) is 3.83. The van der Waals surface area contributed by atoms with Crippen LogP contribution < -0.4 is 51.4 Å². The van der Waals surface area contributed by atoms with E-state index in [1.165, 1.54) is 0 Å². The number of aromatic carboxylic acids is 1. The van der Waals surface area contributed by atoms with E-state index in [4.69, 9.17) is 5.11 Å². The van der Waals surface area contributed by atoms with E-state index in [0.717, 1.165) is 5.56 Å². The Bertz CT molecular complexity index is 314. The second-order valence-corrected chi connectivity index (χ2v) is 4.13. The van der Waals surface area contributed by atoms with E-state index in [9.17, 15) is 4.79 Å². The molecule has 0 radical (unpaired) electrons. The summed E-state index contributed by atoms with van der Waals surface area (Å²) in [5.74, 6) is -0.875. The normalized spacial score (nSPS) is 10.5. The quantitative estimate of drug-likeness (QED) is 0.663. The molecule has 0 atom stereocenters. The maximum atomic E-state index is 10.6. The topological polar surface area (TPSA) is 37.3 Å². The van der Waals surface area contributed by atoms with Crippen LogP contribution in [0.3, 0.4) is 0 Å². The maximum Gasteiger partial charge on any atom is 1.00 e. The van der Waals surface area contributed by atoms with Crippen LogP contribution in [0, 0.1) is 0 Å². The van der Waals surface area contributed by atoms with Crippen molar-refractivity contribution in [2.24, 2.45) is 0 Å². The minimum absolute atomic E-state index is 0. The minimum atomic E-state index is -0.875. The summed E-state index contributed by atoms with van der Waals surface area (Å²) >= 11 is 0. The molecule has 0 fully saturated rings. The van der Waals surface area contributed by atoms with Crippen molar-refractivity contribution in [2.45, 2.75) is 26.2 Å². The summed E-state index contributed by atoms with van der Waals surface area (Å²) in [5.41, 5.74) is 1.57. The van der Waals surface area contributed by atoms with Crippen molar-refractivity contribution >= 4 is 5.97 Å². The summed E-state index contributed by atoms with van der Waals surface area (Å²) < 4.78 is 0. The first-order chi connectivity index (χ1) is 5.91. The molecule has 0 aliphatic carbocycles. The predicted octanol–water partition coefficient (Wildman–Crippen LogP) is -0.201. The van der Waals surface area contributed by atoms with Crippen molar-refractivity contribution in [3.05, 3.63) is 35.4 Å².